The topological polar surface area (TPSA) is 174 Å². The third-order valence-corrected chi connectivity index (χ3v) is 5.79. The fourth-order valence-electron chi connectivity index (χ4n) is 3.87. The molecule has 8 nitrogen and oxygen atoms in total. The van der Waals surface area contributed by atoms with E-state index in [0.29, 0.717) is 0 Å². The zero-order valence-corrected chi connectivity index (χ0v) is 39.2. The predicted molar refractivity (Wildman–Crippen MR) is 217 cm³/mol. The molecule has 37 heteroatoms. The van der Waals surface area contributed by atoms with E-state index < -0.39 is 31.2 Å². The molecular formula is C32H38F24N8P4Ru+4. The third-order valence-electron chi connectivity index (χ3n) is 5.79. The first-order chi connectivity index (χ1) is 27.7. The third kappa shape index (κ3) is 59.6. The monoisotopic (exact) mass is 1220 g/mol. The van der Waals surface area contributed by atoms with Crippen LogP contribution in [0.15, 0.2) is 159 Å². The van der Waals surface area contributed by atoms with Gasteiger partial charge in [0.05, 0.1) is 0 Å². The van der Waals surface area contributed by atoms with Gasteiger partial charge in [0, 0.05) is 73.3 Å². The van der Waals surface area contributed by atoms with Crippen LogP contribution in [-0.2, 0) is 19.5 Å². The van der Waals surface area contributed by atoms with Crippen molar-refractivity contribution in [3.05, 3.63) is 159 Å². The van der Waals surface area contributed by atoms with E-state index >= 15 is 0 Å². The SMILES string of the molecule is F[P-](F)(F)(F)(F)F.F[P-](F)(F)(F)(F)F.F[P-](F)(F)(F)(F)F.F[P-](F)(F)(F)(F)F.N.N.N.N.[Ru+6].c1ccc(-[n+]2ccc(-c3ccncc3)cc2)cc1.c1ccc(-[n+]2ccc(-c3ccncc3)cc2)cc1. The van der Waals surface area contributed by atoms with Gasteiger partial charge in [-0.1, -0.05) is 36.4 Å². The Balaban J connectivity index is -0.000000250. The second-order valence-corrected chi connectivity index (χ2v) is 19.6. The summed E-state index contributed by atoms with van der Waals surface area (Å²) in [6, 6.07) is 37.1. The summed E-state index contributed by atoms with van der Waals surface area (Å²) in [4.78, 5) is 8.06. The Hall–Kier alpha value is -4.46. The molecule has 0 saturated heterocycles. The second-order valence-electron chi connectivity index (χ2n) is 12.0. The first kappa shape index (κ1) is 73.5. The molecule has 4 heterocycles. The van der Waals surface area contributed by atoms with Gasteiger partial charge < -0.3 is 24.6 Å². The molecule has 0 aliphatic carbocycles. The Morgan fingerprint density at radius 2 is 0.420 bits per heavy atom. The van der Waals surface area contributed by atoms with Crippen LogP contribution in [0.4, 0.5) is 101 Å². The van der Waals surface area contributed by atoms with Crippen LogP contribution >= 0.6 is 31.2 Å². The van der Waals surface area contributed by atoms with E-state index in [4.69, 9.17) is 0 Å². The summed E-state index contributed by atoms with van der Waals surface area (Å²) in [5.41, 5.74) is 7.10. The van der Waals surface area contributed by atoms with Crippen molar-refractivity contribution in [1.82, 2.24) is 34.6 Å². The fourth-order valence-corrected chi connectivity index (χ4v) is 3.87. The van der Waals surface area contributed by atoms with Crippen LogP contribution in [0.3, 0.4) is 0 Å². The zero-order chi connectivity index (χ0) is 50.1. The van der Waals surface area contributed by atoms with Gasteiger partial charge in [-0.25, -0.2) is 0 Å². The number of benzene rings is 2. The van der Waals surface area contributed by atoms with Crippen molar-refractivity contribution < 1.29 is 129 Å². The molecule has 6 rings (SSSR count). The Bertz CT molecular complexity index is 2020. The van der Waals surface area contributed by atoms with E-state index in [1.807, 2.05) is 85.5 Å². The summed E-state index contributed by atoms with van der Waals surface area (Å²) < 4.78 is 241. The average Bonchev–Trinajstić information content (AvgIpc) is 3.08. The molecular weight excluding hydrogens is 1180 g/mol. The molecule has 398 valence electrons. The van der Waals surface area contributed by atoms with E-state index in [2.05, 4.69) is 92.4 Å². The second kappa shape index (κ2) is 21.5. The first-order valence-corrected chi connectivity index (χ1v) is 24.0. The Morgan fingerprint density at radius 3 is 0.594 bits per heavy atom. The van der Waals surface area contributed by atoms with Crippen LogP contribution in [0, 0.1) is 0 Å². The standard InChI is InChI=1S/2C16H13N2.4F6P.4H3N.Ru/c2*1-2-4-16(5-3-1)18-12-8-15(9-13-18)14-6-10-17-11-7-14;4*1-7(2,3,4,5)6;;;;;/h2*1-13H;;;;;4*1H3;/q2*+1;4*-1;;;;;+6. The molecule has 0 aliphatic rings. The Labute approximate surface area is 386 Å². The van der Waals surface area contributed by atoms with E-state index in [1.54, 1.807) is 0 Å². The zero-order valence-electron chi connectivity index (χ0n) is 33.8. The summed E-state index contributed by atoms with van der Waals surface area (Å²) in [5.74, 6) is 0. The van der Waals surface area contributed by atoms with Gasteiger partial charge in [0.2, 0.25) is 11.4 Å². The van der Waals surface area contributed by atoms with Crippen LogP contribution in [0.2, 0.25) is 0 Å². The van der Waals surface area contributed by atoms with Gasteiger partial charge in [-0.15, -0.1) is 0 Å². The fraction of sp³-hybridized carbons (Fsp3) is 0. The number of hydrogen-bond acceptors (Lipinski definition) is 6. The predicted octanol–water partition coefficient (Wildman–Crippen LogP) is 20.2. The Morgan fingerprint density at radius 1 is 0.261 bits per heavy atom. The molecule has 0 fully saturated rings. The molecule has 0 radical (unpaired) electrons. The molecule has 0 spiro atoms. The van der Waals surface area contributed by atoms with Gasteiger partial charge >= 0.3 is 151 Å². The van der Waals surface area contributed by atoms with Crippen LogP contribution in [0.5, 0.6) is 0 Å². The van der Waals surface area contributed by atoms with Crippen molar-refractivity contribution in [3.63, 3.8) is 0 Å². The summed E-state index contributed by atoms with van der Waals surface area (Å²) >= 11 is 0. The Kier molecular flexibility index (Phi) is 22.9. The number of hydrogen-bond donors (Lipinski definition) is 4. The molecule has 0 saturated carbocycles. The van der Waals surface area contributed by atoms with Crippen molar-refractivity contribution in [2.45, 2.75) is 0 Å². The minimum absolute atomic E-state index is 0. The van der Waals surface area contributed by atoms with Gasteiger partial charge in [-0.2, -0.15) is 9.13 Å². The van der Waals surface area contributed by atoms with Gasteiger partial charge in [0.1, 0.15) is 0 Å². The molecule has 0 aliphatic heterocycles. The maximum Gasteiger partial charge on any atom is 6.00 e. The quantitative estimate of drug-likeness (QED) is 0.0592. The minimum Gasteiger partial charge on any atom is -0.344 e. The summed E-state index contributed by atoms with van der Waals surface area (Å²) in [5, 5.41) is 0. The van der Waals surface area contributed by atoms with Crippen molar-refractivity contribution in [1.29, 1.82) is 0 Å². The van der Waals surface area contributed by atoms with E-state index in [-0.39, 0.29) is 44.1 Å². The van der Waals surface area contributed by atoms with E-state index in [0.717, 1.165) is 0 Å². The van der Waals surface area contributed by atoms with E-state index in [1.165, 1.54) is 33.6 Å². The van der Waals surface area contributed by atoms with Crippen LogP contribution in [-0.4, -0.2) is 9.97 Å². The van der Waals surface area contributed by atoms with Crippen LogP contribution < -0.4 is 33.7 Å². The number of rotatable bonds is 4. The van der Waals surface area contributed by atoms with Crippen molar-refractivity contribution in [2.75, 3.05) is 0 Å². The molecule has 4 aromatic heterocycles. The average molecular weight is 1220 g/mol. The van der Waals surface area contributed by atoms with Crippen LogP contribution in [0.25, 0.3) is 33.6 Å². The number of pyridine rings is 4. The first-order valence-electron chi connectivity index (χ1n) is 15.9. The molecule has 6 aromatic rings. The molecule has 2 aromatic carbocycles. The maximum atomic E-state index is 9.87. The maximum absolute atomic E-state index is 10.7. The summed E-state index contributed by atoms with van der Waals surface area (Å²) in [6.45, 7) is 0. The summed E-state index contributed by atoms with van der Waals surface area (Å²) in [6.07, 6.45) is 15.6. The minimum atomic E-state index is -10.7. The smallest absolute Gasteiger partial charge is 0.344 e. The largest absolute Gasteiger partial charge is 6.00 e. The van der Waals surface area contributed by atoms with E-state index in [9.17, 15) is 101 Å². The molecule has 0 unspecified atom stereocenters. The number of para-hydroxylation sites is 2. The summed E-state index contributed by atoms with van der Waals surface area (Å²) in [7, 11) is -42.6. The van der Waals surface area contributed by atoms with Crippen molar-refractivity contribution in [3.8, 4) is 33.6 Å². The molecule has 12 N–H and O–H groups in total. The molecule has 69 heavy (non-hydrogen) atoms. The van der Waals surface area contributed by atoms with Crippen molar-refractivity contribution >= 4 is 31.2 Å². The number of halogens is 24. The van der Waals surface area contributed by atoms with Gasteiger partial charge in [0.25, 0.3) is 0 Å². The van der Waals surface area contributed by atoms with Gasteiger partial charge in [-0.3, -0.25) is 9.97 Å². The number of nitrogens with zero attached hydrogens (tertiary/aromatic N) is 4. The van der Waals surface area contributed by atoms with Gasteiger partial charge in [-0.05, 0) is 46.5 Å². The molecule has 0 amide bonds. The molecule has 0 bridgehead atoms. The normalized spacial score (nSPS) is 14.7. The number of aromatic nitrogens is 4. The van der Waals surface area contributed by atoms with Gasteiger partial charge in [0.15, 0.2) is 24.8 Å². The van der Waals surface area contributed by atoms with Crippen molar-refractivity contribution in [2.24, 2.45) is 0 Å². The molecule has 0 atom stereocenters. The van der Waals surface area contributed by atoms with Crippen LogP contribution in [0.1, 0.15) is 0 Å².